The predicted octanol–water partition coefficient (Wildman–Crippen LogP) is -0.320. The van der Waals surface area contributed by atoms with Crippen LogP contribution >= 0.6 is 0 Å². The molecule has 0 atom stereocenters. The van der Waals surface area contributed by atoms with Gasteiger partial charge in [-0.2, -0.15) is 0 Å². The highest BCUT2D eigenvalue weighted by molar-refractivity contribution is 4.83. The summed E-state index contributed by atoms with van der Waals surface area (Å²) in [5.41, 5.74) is 0. The molecule has 0 radical (unpaired) electrons. The summed E-state index contributed by atoms with van der Waals surface area (Å²) >= 11 is 0. The second-order valence-electron chi connectivity index (χ2n) is 6.75. The molecule has 0 amide bonds. The summed E-state index contributed by atoms with van der Waals surface area (Å²) in [5, 5.41) is 8.69. The van der Waals surface area contributed by atoms with Gasteiger partial charge in [0.2, 0.25) is 0 Å². The lowest BCUT2D eigenvalue weighted by Gasteiger charge is -2.22. The Morgan fingerprint density at radius 2 is 0.735 bits per heavy atom. The van der Waals surface area contributed by atoms with Crippen LogP contribution in [0.25, 0.3) is 0 Å². The third-order valence-electron chi connectivity index (χ3n) is 4.12. The summed E-state index contributed by atoms with van der Waals surface area (Å²) in [6, 6.07) is 0. The van der Waals surface area contributed by atoms with Gasteiger partial charge in [0.05, 0.1) is 99.1 Å². The van der Waals surface area contributed by atoms with Crippen molar-refractivity contribution in [2.45, 2.75) is 0 Å². The van der Waals surface area contributed by atoms with Crippen molar-refractivity contribution in [3.05, 3.63) is 0 Å². The van der Waals surface area contributed by atoms with Crippen molar-refractivity contribution in [3.8, 4) is 24.7 Å². The molecule has 1 N–H and O–H groups in total. The Bertz CT molecular complexity index is 448. The Morgan fingerprint density at radius 1 is 0.441 bits per heavy atom. The highest BCUT2D eigenvalue weighted by Crippen LogP contribution is 1.93. The van der Waals surface area contributed by atoms with E-state index in [1.807, 2.05) is 0 Å². The van der Waals surface area contributed by atoms with Gasteiger partial charge in [-0.25, -0.2) is 0 Å². The van der Waals surface area contributed by atoms with Crippen LogP contribution in [-0.4, -0.2) is 142 Å². The fourth-order valence-corrected chi connectivity index (χ4v) is 2.44. The van der Waals surface area contributed by atoms with Crippen molar-refractivity contribution >= 4 is 0 Å². The zero-order valence-electron chi connectivity index (χ0n) is 20.5. The van der Waals surface area contributed by atoms with Crippen molar-refractivity contribution in [3.63, 3.8) is 0 Å². The minimum Gasteiger partial charge on any atom is -0.394 e. The molecule has 0 aliphatic heterocycles. The third kappa shape index (κ3) is 27.0. The molecular weight excluding hydrogens is 446 g/mol. The minimum absolute atomic E-state index is 0.0168. The molecule has 0 aliphatic rings. The molecule has 0 bridgehead atoms. The number of hydrogen-bond acceptors (Lipinski definition) is 10. The lowest BCUT2D eigenvalue weighted by molar-refractivity contribution is -0.00124. The van der Waals surface area contributed by atoms with Gasteiger partial charge in [0.25, 0.3) is 0 Å². The first kappa shape index (κ1) is 32.7. The molecule has 0 aromatic rings. The first-order valence-corrected chi connectivity index (χ1v) is 11.7. The number of aliphatic hydroxyl groups excluding tert-OH is 1. The van der Waals surface area contributed by atoms with Gasteiger partial charge in [-0.15, -0.1) is 12.8 Å². The smallest absolute Gasteiger partial charge is 0.107 e. The van der Waals surface area contributed by atoms with E-state index in [4.69, 9.17) is 55.8 Å². The molecule has 34 heavy (non-hydrogen) atoms. The third-order valence-corrected chi connectivity index (χ3v) is 4.12. The van der Waals surface area contributed by atoms with Gasteiger partial charge < -0.3 is 43.0 Å². The Hall–Kier alpha value is -1.28. The van der Waals surface area contributed by atoms with Crippen LogP contribution in [0.1, 0.15) is 0 Å². The van der Waals surface area contributed by atoms with E-state index < -0.39 is 0 Å². The molecule has 0 saturated carbocycles. The van der Waals surface area contributed by atoms with Crippen LogP contribution in [-0.2, 0) is 37.9 Å². The van der Waals surface area contributed by atoms with Gasteiger partial charge in [-0.05, 0) is 0 Å². The summed E-state index contributed by atoms with van der Waals surface area (Å²) in [4.78, 5) is 2.22. The average Bonchev–Trinajstić information content (AvgIpc) is 2.85. The number of nitrogens with zero attached hydrogens (tertiary/aromatic N) is 1. The standard InChI is InChI=1S/C24H43NO9/c1-3-9-27-15-21-33-23-18-30-12-6-25(5-11-29-17-20-32-14-8-26)7-13-31-19-24-34-22-16-28-10-4-2/h1-2,26H,5-24H2. The monoisotopic (exact) mass is 489 g/mol. The van der Waals surface area contributed by atoms with Crippen molar-refractivity contribution in [2.75, 3.05) is 132 Å². The van der Waals surface area contributed by atoms with Crippen LogP contribution in [0.4, 0.5) is 0 Å². The summed E-state index contributed by atoms with van der Waals surface area (Å²) in [7, 11) is 0. The second-order valence-corrected chi connectivity index (χ2v) is 6.75. The highest BCUT2D eigenvalue weighted by atomic mass is 16.6. The molecule has 0 aliphatic carbocycles. The van der Waals surface area contributed by atoms with Crippen molar-refractivity contribution in [2.24, 2.45) is 0 Å². The van der Waals surface area contributed by atoms with Gasteiger partial charge in [-0.3, -0.25) is 4.90 Å². The van der Waals surface area contributed by atoms with Crippen LogP contribution < -0.4 is 0 Å². The molecule has 0 fully saturated rings. The van der Waals surface area contributed by atoms with Crippen LogP contribution in [0.5, 0.6) is 0 Å². The highest BCUT2D eigenvalue weighted by Gasteiger charge is 2.06. The van der Waals surface area contributed by atoms with E-state index in [1.165, 1.54) is 0 Å². The Labute approximate surface area is 205 Å². The van der Waals surface area contributed by atoms with Gasteiger partial charge in [0.1, 0.15) is 13.2 Å². The van der Waals surface area contributed by atoms with E-state index in [0.717, 1.165) is 19.6 Å². The number of ether oxygens (including phenoxy) is 8. The number of aliphatic hydroxyl groups is 1. The van der Waals surface area contributed by atoms with E-state index in [2.05, 4.69) is 16.7 Å². The van der Waals surface area contributed by atoms with Gasteiger partial charge >= 0.3 is 0 Å². The fourth-order valence-electron chi connectivity index (χ4n) is 2.44. The van der Waals surface area contributed by atoms with E-state index in [1.54, 1.807) is 0 Å². The van der Waals surface area contributed by atoms with Crippen molar-refractivity contribution < 1.29 is 43.0 Å². The van der Waals surface area contributed by atoms with Gasteiger partial charge in [-0.1, -0.05) is 11.8 Å². The van der Waals surface area contributed by atoms with Crippen LogP contribution in [0.15, 0.2) is 0 Å². The van der Waals surface area contributed by atoms with Gasteiger partial charge in [0, 0.05) is 19.6 Å². The van der Waals surface area contributed by atoms with Crippen LogP contribution in [0.2, 0.25) is 0 Å². The molecule has 10 nitrogen and oxygen atoms in total. The maximum absolute atomic E-state index is 8.69. The summed E-state index contributed by atoms with van der Waals surface area (Å²) < 4.78 is 43.2. The molecule has 0 aromatic heterocycles. The first-order chi connectivity index (χ1) is 16.8. The molecule has 0 unspecified atom stereocenters. The quantitative estimate of drug-likeness (QED) is 0.116. The lowest BCUT2D eigenvalue weighted by Crippen LogP contribution is -2.34. The molecule has 0 spiro atoms. The first-order valence-electron chi connectivity index (χ1n) is 11.7. The topological polar surface area (TPSA) is 97.3 Å². The maximum Gasteiger partial charge on any atom is 0.107 e. The minimum atomic E-state index is 0.0168. The van der Waals surface area contributed by atoms with Crippen molar-refractivity contribution in [1.82, 2.24) is 4.90 Å². The Kier molecular flexibility index (Phi) is 28.6. The van der Waals surface area contributed by atoms with E-state index in [-0.39, 0.29) is 6.61 Å². The zero-order valence-corrected chi connectivity index (χ0v) is 20.5. The van der Waals surface area contributed by atoms with Crippen molar-refractivity contribution in [1.29, 1.82) is 0 Å². The SMILES string of the molecule is C#CCOCCOCCOCCN(CCOCCOCCO)CCOCCOCCOCC#C. The fraction of sp³-hybridized carbons (Fsp3) is 0.833. The second kappa shape index (κ2) is 29.8. The molecule has 0 heterocycles. The number of rotatable bonds is 28. The lowest BCUT2D eigenvalue weighted by atomic mass is 10.4. The number of hydrogen-bond donors (Lipinski definition) is 1. The van der Waals surface area contributed by atoms with E-state index in [0.29, 0.717) is 106 Å². The average molecular weight is 490 g/mol. The maximum atomic E-state index is 8.69. The molecular formula is C24H43NO9. The molecule has 0 aromatic carbocycles. The Morgan fingerprint density at radius 3 is 1.06 bits per heavy atom. The number of terminal acetylenes is 2. The normalized spacial score (nSPS) is 11.1. The summed E-state index contributed by atoms with van der Waals surface area (Å²) in [6.07, 6.45) is 10.2. The molecule has 10 heteroatoms. The Balaban J connectivity index is 3.84. The summed E-state index contributed by atoms with van der Waals surface area (Å²) in [5.74, 6) is 4.81. The van der Waals surface area contributed by atoms with E-state index >= 15 is 0 Å². The van der Waals surface area contributed by atoms with Crippen LogP contribution in [0.3, 0.4) is 0 Å². The predicted molar refractivity (Wildman–Crippen MR) is 128 cm³/mol. The zero-order chi connectivity index (χ0) is 24.8. The largest absolute Gasteiger partial charge is 0.394 e. The molecule has 198 valence electrons. The van der Waals surface area contributed by atoms with Crippen LogP contribution in [0, 0.1) is 24.7 Å². The van der Waals surface area contributed by atoms with Gasteiger partial charge in [0.15, 0.2) is 0 Å². The molecule has 0 saturated heterocycles. The molecule has 0 rings (SSSR count). The summed E-state index contributed by atoms with van der Waals surface area (Å²) in [6.45, 7) is 9.88. The van der Waals surface area contributed by atoms with E-state index in [9.17, 15) is 0 Å².